The second kappa shape index (κ2) is 6.57. The van der Waals surface area contributed by atoms with Gasteiger partial charge in [-0.15, -0.1) is 0 Å². The highest BCUT2D eigenvalue weighted by molar-refractivity contribution is 5.79. The summed E-state index contributed by atoms with van der Waals surface area (Å²) < 4.78 is 5.18. The zero-order valence-corrected chi connectivity index (χ0v) is 11.7. The molecule has 4 nitrogen and oxygen atoms in total. The van der Waals surface area contributed by atoms with Crippen LogP contribution in [0, 0.1) is 0 Å². The summed E-state index contributed by atoms with van der Waals surface area (Å²) in [5.74, 6) is 1.00. The van der Waals surface area contributed by atoms with Crippen LogP contribution in [-0.4, -0.2) is 44.1 Å². The molecule has 19 heavy (non-hydrogen) atoms. The molecular weight excluding hydrogens is 240 g/mol. The summed E-state index contributed by atoms with van der Waals surface area (Å²) in [6, 6.07) is 8.15. The van der Waals surface area contributed by atoms with Crippen molar-refractivity contribution in [2.45, 2.75) is 25.3 Å². The first kappa shape index (κ1) is 13.9. The van der Waals surface area contributed by atoms with E-state index in [-0.39, 0.29) is 5.91 Å². The Morgan fingerprint density at radius 3 is 3.11 bits per heavy atom. The molecule has 4 heteroatoms. The first-order chi connectivity index (χ1) is 9.22. The van der Waals surface area contributed by atoms with Crippen LogP contribution in [0.25, 0.3) is 0 Å². The summed E-state index contributed by atoms with van der Waals surface area (Å²) in [7, 11) is 3.60. The van der Waals surface area contributed by atoms with E-state index in [1.165, 1.54) is 0 Å². The predicted molar refractivity (Wildman–Crippen MR) is 75.4 cm³/mol. The average molecular weight is 262 g/mol. The molecule has 1 amide bonds. The van der Waals surface area contributed by atoms with Crippen molar-refractivity contribution in [1.29, 1.82) is 0 Å². The predicted octanol–water partition coefficient (Wildman–Crippen LogP) is 1.45. The van der Waals surface area contributed by atoms with Gasteiger partial charge in [-0.25, -0.2) is 0 Å². The number of hydrogen-bond donors (Lipinski definition) is 1. The molecule has 1 aliphatic rings. The first-order valence-corrected chi connectivity index (χ1v) is 6.81. The minimum atomic E-state index is 0.202. The van der Waals surface area contributed by atoms with Crippen molar-refractivity contribution >= 4 is 5.91 Å². The fraction of sp³-hybridized carbons (Fsp3) is 0.533. The Kier molecular flexibility index (Phi) is 4.80. The molecule has 0 aromatic heterocycles. The summed E-state index contributed by atoms with van der Waals surface area (Å²) in [5, 5.41) is 3.26. The lowest BCUT2D eigenvalue weighted by Gasteiger charge is -2.32. The maximum Gasteiger partial charge on any atom is 0.227 e. The third-order valence-corrected chi connectivity index (χ3v) is 3.67. The van der Waals surface area contributed by atoms with Gasteiger partial charge in [0.05, 0.1) is 13.5 Å². The number of amides is 1. The van der Waals surface area contributed by atoms with E-state index in [0.717, 1.165) is 37.2 Å². The monoisotopic (exact) mass is 262 g/mol. The molecule has 1 fully saturated rings. The van der Waals surface area contributed by atoms with Crippen LogP contribution in [0.2, 0.25) is 0 Å². The highest BCUT2D eigenvalue weighted by Crippen LogP contribution is 2.15. The standard InChI is InChI=1S/C15H22N2O2/c1-16-13-6-4-8-17(11-13)15(18)10-12-5-3-7-14(9-12)19-2/h3,5,7,9,13,16H,4,6,8,10-11H2,1-2H3/t13-/m0/s1. The quantitative estimate of drug-likeness (QED) is 0.893. The van der Waals surface area contributed by atoms with E-state index in [1.807, 2.05) is 36.2 Å². The number of methoxy groups -OCH3 is 1. The highest BCUT2D eigenvalue weighted by Gasteiger charge is 2.22. The Balaban J connectivity index is 1.96. The molecule has 0 radical (unpaired) electrons. The van der Waals surface area contributed by atoms with Crippen molar-refractivity contribution in [2.24, 2.45) is 0 Å². The smallest absolute Gasteiger partial charge is 0.227 e. The Morgan fingerprint density at radius 1 is 1.53 bits per heavy atom. The number of rotatable bonds is 4. The van der Waals surface area contributed by atoms with E-state index in [1.54, 1.807) is 7.11 Å². The Hall–Kier alpha value is -1.55. The van der Waals surface area contributed by atoms with Gasteiger partial charge in [-0.2, -0.15) is 0 Å². The summed E-state index contributed by atoms with van der Waals surface area (Å²) in [4.78, 5) is 14.2. The average Bonchev–Trinajstić information content (AvgIpc) is 2.47. The van der Waals surface area contributed by atoms with Crippen molar-refractivity contribution < 1.29 is 9.53 Å². The van der Waals surface area contributed by atoms with Gasteiger partial charge >= 0.3 is 0 Å². The van der Waals surface area contributed by atoms with E-state index in [9.17, 15) is 4.79 Å². The molecular formula is C15H22N2O2. The maximum atomic E-state index is 12.3. The van der Waals surface area contributed by atoms with Crippen LogP contribution in [0.1, 0.15) is 18.4 Å². The lowest BCUT2D eigenvalue weighted by molar-refractivity contribution is -0.131. The van der Waals surface area contributed by atoms with Crippen molar-refractivity contribution in [3.05, 3.63) is 29.8 Å². The summed E-state index contributed by atoms with van der Waals surface area (Å²) in [6.45, 7) is 1.69. The largest absolute Gasteiger partial charge is 0.497 e. The second-order valence-electron chi connectivity index (χ2n) is 5.00. The number of carbonyl (C=O) groups is 1. The van der Waals surface area contributed by atoms with Gasteiger partial charge in [0, 0.05) is 19.1 Å². The van der Waals surface area contributed by atoms with Gasteiger partial charge in [0.15, 0.2) is 0 Å². The van der Waals surface area contributed by atoms with Crippen LogP contribution < -0.4 is 10.1 Å². The van der Waals surface area contributed by atoms with Crippen molar-refractivity contribution in [3.8, 4) is 5.75 Å². The molecule has 0 aliphatic carbocycles. The molecule has 0 spiro atoms. The van der Waals surface area contributed by atoms with Gasteiger partial charge < -0.3 is 15.0 Å². The number of hydrogen-bond acceptors (Lipinski definition) is 3. The molecule has 1 saturated heterocycles. The summed E-state index contributed by atoms with van der Waals surface area (Å²) in [5.41, 5.74) is 1.01. The molecule has 1 atom stereocenters. The number of piperidine rings is 1. The molecule has 0 bridgehead atoms. The third-order valence-electron chi connectivity index (χ3n) is 3.67. The van der Waals surface area contributed by atoms with Crippen LogP contribution in [0.5, 0.6) is 5.75 Å². The molecule has 2 rings (SSSR count). The molecule has 104 valence electrons. The normalized spacial score (nSPS) is 19.3. The van der Waals surface area contributed by atoms with Crippen LogP contribution in [0.3, 0.4) is 0 Å². The van der Waals surface area contributed by atoms with Crippen molar-refractivity contribution in [1.82, 2.24) is 10.2 Å². The molecule has 1 aromatic carbocycles. The maximum absolute atomic E-state index is 12.3. The fourth-order valence-corrected chi connectivity index (χ4v) is 2.51. The fourth-order valence-electron chi connectivity index (χ4n) is 2.51. The van der Waals surface area contributed by atoms with E-state index in [2.05, 4.69) is 5.32 Å². The zero-order chi connectivity index (χ0) is 13.7. The van der Waals surface area contributed by atoms with Crippen molar-refractivity contribution in [2.75, 3.05) is 27.2 Å². The second-order valence-corrected chi connectivity index (χ2v) is 5.00. The van der Waals surface area contributed by atoms with E-state index in [0.29, 0.717) is 12.5 Å². The van der Waals surface area contributed by atoms with Crippen molar-refractivity contribution in [3.63, 3.8) is 0 Å². The number of likely N-dealkylation sites (tertiary alicyclic amines) is 1. The van der Waals surface area contributed by atoms with Crippen LogP contribution in [0.15, 0.2) is 24.3 Å². The number of nitrogens with one attached hydrogen (secondary N) is 1. The number of carbonyl (C=O) groups excluding carboxylic acids is 1. The van der Waals surface area contributed by atoms with Crippen LogP contribution in [-0.2, 0) is 11.2 Å². The molecule has 1 aromatic rings. The molecule has 1 N–H and O–H groups in total. The van der Waals surface area contributed by atoms with Gasteiger partial charge in [-0.3, -0.25) is 4.79 Å². The minimum Gasteiger partial charge on any atom is -0.497 e. The van der Waals surface area contributed by atoms with Gasteiger partial charge in [-0.05, 0) is 37.6 Å². The minimum absolute atomic E-state index is 0.202. The van der Waals surface area contributed by atoms with Gasteiger partial charge in [-0.1, -0.05) is 12.1 Å². The number of nitrogens with zero attached hydrogens (tertiary/aromatic N) is 1. The van der Waals surface area contributed by atoms with Gasteiger partial charge in [0.2, 0.25) is 5.91 Å². The van der Waals surface area contributed by atoms with Gasteiger partial charge in [0.1, 0.15) is 5.75 Å². The molecule has 1 heterocycles. The highest BCUT2D eigenvalue weighted by atomic mass is 16.5. The SMILES string of the molecule is CN[C@H]1CCCN(C(=O)Cc2cccc(OC)c2)C1. The van der Waals surface area contributed by atoms with Gasteiger partial charge in [0.25, 0.3) is 0 Å². The number of ether oxygens (including phenoxy) is 1. The van der Waals surface area contributed by atoms with Crippen LogP contribution in [0.4, 0.5) is 0 Å². The lowest BCUT2D eigenvalue weighted by Crippen LogP contribution is -2.47. The molecule has 0 unspecified atom stereocenters. The molecule has 0 saturated carbocycles. The third kappa shape index (κ3) is 3.70. The Labute approximate surface area is 114 Å². The van der Waals surface area contributed by atoms with E-state index >= 15 is 0 Å². The summed E-state index contributed by atoms with van der Waals surface area (Å²) >= 11 is 0. The zero-order valence-electron chi connectivity index (χ0n) is 11.7. The topological polar surface area (TPSA) is 41.6 Å². The number of benzene rings is 1. The Bertz CT molecular complexity index is 434. The first-order valence-electron chi connectivity index (χ1n) is 6.81. The lowest BCUT2D eigenvalue weighted by atomic mass is 10.0. The van der Waals surface area contributed by atoms with Crippen LogP contribution >= 0.6 is 0 Å². The Morgan fingerprint density at radius 2 is 2.37 bits per heavy atom. The number of likely N-dealkylation sites (N-methyl/N-ethyl adjacent to an activating group) is 1. The van der Waals surface area contributed by atoms with E-state index < -0.39 is 0 Å². The van der Waals surface area contributed by atoms with E-state index in [4.69, 9.17) is 4.74 Å². The molecule has 1 aliphatic heterocycles. The summed E-state index contributed by atoms with van der Waals surface area (Å²) in [6.07, 6.45) is 2.68.